The fourth-order valence-corrected chi connectivity index (χ4v) is 3.10. The summed E-state index contributed by atoms with van der Waals surface area (Å²) in [5.74, 6) is 2.20. The molecule has 0 saturated heterocycles. The predicted molar refractivity (Wildman–Crippen MR) is 103 cm³/mol. The second-order valence-electron chi connectivity index (χ2n) is 6.37. The smallest absolute Gasteiger partial charge is 0.172 e. The lowest BCUT2D eigenvalue weighted by molar-refractivity contribution is 0.203. The zero-order chi connectivity index (χ0) is 18.8. The molecule has 138 valence electrons. The third-order valence-corrected chi connectivity index (χ3v) is 4.42. The molecule has 3 N–H and O–H groups in total. The standard InChI is InChI=1S/C20H20N4O3/c1-27-16-4-2-3-13(9-16)11-24-12-18(26)23-19-20(24)22-17(10-21-19)14-5-7-15(25)8-6-14/h2-10,18,25-26H,11-12H2,1H3,(H,21,23). The van der Waals surface area contributed by atoms with Gasteiger partial charge in [0.15, 0.2) is 11.6 Å². The number of hydrogen-bond acceptors (Lipinski definition) is 7. The zero-order valence-corrected chi connectivity index (χ0v) is 14.8. The lowest BCUT2D eigenvalue weighted by atomic mass is 10.1. The van der Waals surface area contributed by atoms with Gasteiger partial charge in [0, 0.05) is 12.1 Å². The third kappa shape index (κ3) is 3.63. The minimum absolute atomic E-state index is 0.203. The monoisotopic (exact) mass is 364 g/mol. The Morgan fingerprint density at radius 1 is 1.22 bits per heavy atom. The van der Waals surface area contributed by atoms with E-state index in [1.165, 1.54) is 0 Å². The van der Waals surface area contributed by atoms with Gasteiger partial charge >= 0.3 is 0 Å². The molecule has 27 heavy (non-hydrogen) atoms. The van der Waals surface area contributed by atoms with Crippen LogP contribution in [0.1, 0.15) is 5.56 Å². The lowest BCUT2D eigenvalue weighted by Crippen LogP contribution is -2.42. The first-order chi connectivity index (χ1) is 13.1. The van der Waals surface area contributed by atoms with E-state index in [4.69, 9.17) is 9.72 Å². The number of aliphatic hydroxyl groups is 1. The van der Waals surface area contributed by atoms with Crippen LogP contribution < -0.4 is 15.0 Å². The number of nitrogens with one attached hydrogen (secondary N) is 1. The molecule has 0 fully saturated rings. The van der Waals surface area contributed by atoms with Crippen LogP contribution in [0, 0.1) is 0 Å². The Bertz CT molecular complexity index is 946. The summed E-state index contributed by atoms with van der Waals surface area (Å²) in [4.78, 5) is 11.2. The molecule has 3 aromatic rings. The molecule has 1 aromatic heterocycles. The topological polar surface area (TPSA) is 90.7 Å². The van der Waals surface area contributed by atoms with Gasteiger partial charge in [-0.1, -0.05) is 12.1 Å². The van der Waals surface area contributed by atoms with Crippen LogP contribution in [0.25, 0.3) is 11.3 Å². The molecule has 2 aromatic carbocycles. The Kier molecular flexibility index (Phi) is 4.52. The largest absolute Gasteiger partial charge is 0.508 e. The van der Waals surface area contributed by atoms with E-state index in [0.29, 0.717) is 30.4 Å². The molecule has 0 saturated carbocycles. The van der Waals surface area contributed by atoms with Gasteiger partial charge in [0.25, 0.3) is 0 Å². The van der Waals surface area contributed by atoms with Crippen LogP contribution in [0.15, 0.2) is 54.7 Å². The SMILES string of the molecule is COc1cccc(CN2CC(O)Nc3ncc(-c4ccc(O)cc4)nc32)c1. The van der Waals surface area contributed by atoms with E-state index in [1.807, 2.05) is 29.2 Å². The Balaban J connectivity index is 1.68. The molecule has 1 aliphatic heterocycles. The van der Waals surface area contributed by atoms with E-state index in [2.05, 4.69) is 10.3 Å². The van der Waals surface area contributed by atoms with Crippen molar-refractivity contribution in [1.29, 1.82) is 0 Å². The first-order valence-electron chi connectivity index (χ1n) is 8.61. The fraction of sp³-hybridized carbons (Fsp3) is 0.200. The summed E-state index contributed by atoms with van der Waals surface area (Å²) < 4.78 is 5.29. The molecule has 0 spiro atoms. The Hall–Kier alpha value is -3.32. The Morgan fingerprint density at radius 2 is 2.04 bits per heavy atom. The van der Waals surface area contributed by atoms with Crippen molar-refractivity contribution in [1.82, 2.24) is 9.97 Å². The van der Waals surface area contributed by atoms with Crippen molar-refractivity contribution in [3.63, 3.8) is 0 Å². The number of phenolic OH excluding ortho intramolecular Hbond substituents is 1. The Morgan fingerprint density at radius 3 is 2.81 bits per heavy atom. The number of rotatable bonds is 4. The number of β-amino-alcohol motifs (C(OH)–C–C–N with tert-alkyl or cyclic N) is 1. The molecule has 1 unspecified atom stereocenters. The summed E-state index contributed by atoms with van der Waals surface area (Å²) in [7, 11) is 1.64. The van der Waals surface area contributed by atoms with Gasteiger partial charge in [-0.3, -0.25) is 0 Å². The molecule has 0 aliphatic carbocycles. The highest BCUT2D eigenvalue weighted by molar-refractivity contribution is 5.69. The molecule has 7 heteroatoms. The van der Waals surface area contributed by atoms with Gasteiger partial charge in [-0.05, 0) is 42.0 Å². The first-order valence-corrected chi connectivity index (χ1v) is 8.61. The average molecular weight is 364 g/mol. The second-order valence-corrected chi connectivity index (χ2v) is 6.37. The van der Waals surface area contributed by atoms with E-state index < -0.39 is 6.23 Å². The summed E-state index contributed by atoms with van der Waals surface area (Å²) in [6, 6.07) is 14.6. The van der Waals surface area contributed by atoms with E-state index in [1.54, 1.807) is 37.6 Å². The molecule has 1 aliphatic rings. The second kappa shape index (κ2) is 7.13. The van der Waals surface area contributed by atoms with Gasteiger partial charge in [0.1, 0.15) is 17.7 Å². The number of aromatic hydroxyl groups is 1. The number of ether oxygens (including phenoxy) is 1. The van der Waals surface area contributed by atoms with Crippen molar-refractivity contribution in [2.75, 3.05) is 23.9 Å². The summed E-state index contributed by atoms with van der Waals surface area (Å²) in [5.41, 5.74) is 2.60. The van der Waals surface area contributed by atoms with Gasteiger partial charge in [-0.25, -0.2) is 9.97 Å². The maximum atomic E-state index is 10.1. The number of methoxy groups -OCH3 is 1. The summed E-state index contributed by atoms with van der Waals surface area (Å²) in [5, 5.41) is 22.6. The molecule has 0 amide bonds. The predicted octanol–water partition coefficient (Wildman–Crippen LogP) is 2.61. The number of hydrogen-bond donors (Lipinski definition) is 3. The fourth-order valence-electron chi connectivity index (χ4n) is 3.10. The van der Waals surface area contributed by atoms with Crippen molar-refractivity contribution in [3.05, 3.63) is 60.3 Å². The van der Waals surface area contributed by atoms with E-state index >= 15 is 0 Å². The quantitative estimate of drug-likeness (QED) is 0.655. The minimum atomic E-state index is -0.725. The van der Waals surface area contributed by atoms with Crippen molar-refractivity contribution in [3.8, 4) is 22.8 Å². The van der Waals surface area contributed by atoms with Crippen LogP contribution in [0.2, 0.25) is 0 Å². The molecule has 0 bridgehead atoms. The highest BCUT2D eigenvalue weighted by Crippen LogP contribution is 2.31. The van der Waals surface area contributed by atoms with Crippen LogP contribution in [-0.2, 0) is 6.54 Å². The van der Waals surface area contributed by atoms with Crippen LogP contribution in [0.4, 0.5) is 11.6 Å². The number of fused-ring (bicyclic) bond motifs is 1. The van der Waals surface area contributed by atoms with Gasteiger partial charge in [-0.2, -0.15) is 0 Å². The number of anilines is 2. The Labute approximate surface area is 156 Å². The lowest BCUT2D eigenvalue weighted by Gasteiger charge is -2.33. The third-order valence-electron chi connectivity index (χ3n) is 4.42. The van der Waals surface area contributed by atoms with Crippen LogP contribution in [0.3, 0.4) is 0 Å². The molecule has 2 heterocycles. The number of phenols is 1. The maximum absolute atomic E-state index is 10.1. The van der Waals surface area contributed by atoms with Crippen LogP contribution in [0.5, 0.6) is 11.5 Å². The number of benzene rings is 2. The zero-order valence-electron chi connectivity index (χ0n) is 14.8. The van der Waals surface area contributed by atoms with E-state index in [0.717, 1.165) is 16.9 Å². The molecule has 4 rings (SSSR count). The summed E-state index contributed by atoms with van der Waals surface area (Å²) in [6.45, 7) is 0.953. The molecule has 0 radical (unpaired) electrons. The van der Waals surface area contributed by atoms with E-state index in [-0.39, 0.29) is 5.75 Å². The molecule has 1 atom stereocenters. The number of aromatic nitrogens is 2. The van der Waals surface area contributed by atoms with Crippen molar-refractivity contribution in [2.24, 2.45) is 0 Å². The van der Waals surface area contributed by atoms with Gasteiger partial charge in [-0.15, -0.1) is 0 Å². The van der Waals surface area contributed by atoms with Crippen LogP contribution in [-0.4, -0.2) is 40.1 Å². The van der Waals surface area contributed by atoms with Crippen molar-refractivity contribution in [2.45, 2.75) is 12.8 Å². The molecular formula is C20H20N4O3. The van der Waals surface area contributed by atoms with Crippen molar-refractivity contribution >= 4 is 11.6 Å². The average Bonchev–Trinajstić information content (AvgIpc) is 2.68. The normalized spacial score (nSPS) is 15.8. The highest BCUT2D eigenvalue weighted by atomic mass is 16.5. The number of aliphatic hydroxyl groups excluding tert-OH is 1. The van der Waals surface area contributed by atoms with Crippen LogP contribution >= 0.6 is 0 Å². The van der Waals surface area contributed by atoms with E-state index in [9.17, 15) is 10.2 Å². The van der Waals surface area contributed by atoms with Crippen molar-refractivity contribution < 1.29 is 14.9 Å². The highest BCUT2D eigenvalue weighted by Gasteiger charge is 2.25. The van der Waals surface area contributed by atoms with Gasteiger partial charge < -0.3 is 25.2 Å². The molecular weight excluding hydrogens is 344 g/mol. The maximum Gasteiger partial charge on any atom is 0.172 e. The summed E-state index contributed by atoms with van der Waals surface area (Å²) in [6.07, 6.45) is 0.928. The minimum Gasteiger partial charge on any atom is -0.508 e. The first kappa shape index (κ1) is 17.1. The van der Waals surface area contributed by atoms with Gasteiger partial charge in [0.05, 0.1) is 25.5 Å². The number of nitrogens with zero attached hydrogens (tertiary/aromatic N) is 3. The molecule has 7 nitrogen and oxygen atoms in total. The summed E-state index contributed by atoms with van der Waals surface area (Å²) >= 11 is 0. The van der Waals surface area contributed by atoms with Gasteiger partial charge in [0.2, 0.25) is 0 Å².